The van der Waals surface area contributed by atoms with E-state index < -0.39 is 0 Å². The second-order valence-electron chi connectivity index (χ2n) is 7.48. The number of halogens is 1. The number of para-hydroxylation sites is 1. The summed E-state index contributed by atoms with van der Waals surface area (Å²) >= 11 is 4.53. The first-order valence-corrected chi connectivity index (χ1v) is 12.3. The van der Waals surface area contributed by atoms with Crippen LogP contribution in [0.2, 0.25) is 0 Å². The molecule has 8 nitrogen and oxygen atoms in total. The molecule has 3 aromatic carbocycles. The Morgan fingerprint density at radius 1 is 1.17 bits per heavy atom. The molecule has 0 spiro atoms. The Hall–Kier alpha value is -3.63. The van der Waals surface area contributed by atoms with Crippen LogP contribution < -0.4 is 10.2 Å². The maximum absolute atomic E-state index is 12.4. The van der Waals surface area contributed by atoms with E-state index in [4.69, 9.17) is 4.74 Å². The van der Waals surface area contributed by atoms with Crippen molar-refractivity contribution < 1.29 is 14.6 Å². The molecule has 0 radical (unpaired) electrons. The van der Waals surface area contributed by atoms with E-state index in [0.29, 0.717) is 26.8 Å². The smallest absolute Gasteiger partial charge is 0.250 e. The van der Waals surface area contributed by atoms with E-state index in [2.05, 4.69) is 36.7 Å². The molecule has 0 atom stereocenters. The summed E-state index contributed by atoms with van der Waals surface area (Å²) in [5.41, 5.74) is 6.15. The zero-order valence-electron chi connectivity index (χ0n) is 19.0. The van der Waals surface area contributed by atoms with E-state index in [1.165, 1.54) is 25.1 Å². The van der Waals surface area contributed by atoms with E-state index in [1.54, 1.807) is 12.1 Å². The maximum atomic E-state index is 12.4. The highest BCUT2D eigenvalue weighted by atomic mass is 79.9. The van der Waals surface area contributed by atoms with Crippen LogP contribution in [0.1, 0.15) is 11.1 Å². The Labute approximate surface area is 215 Å². The Kier molecular flexibility index (Phi) is 7.84. The van der Waals surface area contributed by atoms with Crippen LogP contribution in [-0.4, -0.2) is 44.9 Å². The molecule has 10 heteroatoms. The molecule has 178 valence electrons. The van der Waals surface area contributed by atoms with Crippen LogP contribution in [-0.2, 0) is 4.79 Å². The molecule has 1 heterocycles. The molecule has 0 fully saturated rings. The average Bonchev–Trinajstić information content (AvgIpc) is 3.29. The van der Waals surface area contributed by atoms with Crippen LogP contribution in [0.3, 0.4) is 0 Å². The van der Waals surface area contributed by atoms with Gasteiger partial charge in [-0.3, -0.25) is 9.36 Å². The number of aromatic nitrogens is 3. The fourth-order valence-corrected chi connectivity index (χ4v) is 4.43. The molecule has 4 rings (SSSR count). The Balaban J connectivity index is 1.48. The van der Waals surface area contributed by atoms with Crippen molar-refractivity contribution in [1.29, 1.82) is 0 Å². The third-order valence-electron chi connectivity index (χ3n) is 4.96. The fraction of sp³-hybridized carbons (Fsp3) is 0.120. The lowest BCUT2D eigenvalue weighted by Gasteiger charge is -2.10. The van der Waals surface area contributed by atoms with E-state index in [0.717, 1.165) is 16.8 Å². The molecule has 2 N–H and O–H groups in total. The number of hydrogen-bond donors (Lipinski definition) is 2. The van der Waals surface area contributed by atoms with Crippen LogP contribution in [0.15, 0.2) is 81.5 Å². The highest BCUT2D eigenvalue weighted by Crippen LogP contribution is 2.34. The summed E-state index contributed by atoms with van der Waals surface area (Å²) in [5.74, 6) is 0.795. The van der Waals surface area contributed by atoms with E-state index in [1.807, 2.05) is 66.1 Å². The number of benzene rings is 3. The lowest BCUT2D eigenvalue weighted by Crippen LogP contribution is -2.20. The van der Waals surface area contributed by atoms with E-state index in [-0.39, 0.29) is 17.4 Å². The summed E-state index contributed by atoms with van der Waals surface area (Å²) < 4.78 is 7.52. The number of aryl methyl sites for hydroxylation is 1. The van der Waals surface area contributed by atoms with E-state index in [9.17, 15) is 9.90 Å². The van der Waals surface area contributed by atoms with Crippen LogP contribution >= 0.6 is 27.7 Å². The molecule has 0 aliphatic carbocycles. The third kappa shape index (κ3) is 5.90. The van der Waals surface area contributed by atoms with Gasteiger partial charge in [0, 0.05) is 11.3 Å². The largest absolute Gasteiger partial charge is 0.503 e. The number of ether oxygens (including phenoxy) is 1. The number of hydrazone groups is 1. The molecule has 0 bridgehead atoms. The summed E-state index contributed by atoms with van der Waals surface area (Å²) in [7, 11) is 1.46. The van der Waals surface area contributed by atoms with Crippen molar-refractivity contribution in [2.24, 2.45) is 5.10 Å². The lowest BCUT2D eigenvalue weighted by molar-refractivity contribution is -0.118. The lowest BCUT2D eigenvalue weighted by atomic mass is 10.1. The van der Waals surface area contributed by atoms with Gasteiger partial charge in [0.2, 0.25) is 0 Å². The number of rotatable bonds is 8. The van der Waals surface area contributed by atoms with Gasteiger partial charge in [-0.1, -0.05) is 59.8 Å². The number of phenols is 1. The number of aromatic hydroxyl groups is 1. The molecule has 0 unspecified atom stereocenters. The number of nitrogens with zero attached hydrogens (tertiary/aromatic N) is 4. The Morgan fingerprint density at radius 2 is 1.91 bits per heavy atom. The molecule has 0 aliphatic heterocycles. The molecule has 1 amide bonds. The van der Waals surface area contributed by atoms with Gasteiger partial charge in [-0.2, -0.15) is 5.10 Å². The summed E-state index contributed by atoms with van der Waals surface area (Å²) in [6.45, 7) is 2.03. The van der Waals surface area contributed by atoms with Crippen LogP contribution in [0.4, 0.5) is 0 Å². The zero-order valence-corrected chi connectivity index (χ0v) is 21.4. The quantitative estimate of drug-likeness (QED) is 0.182. The summed E-state index contributed by atoms with van der Waals surface area (Å²) in [6, 6.07) is 21.1. The molecular weight excluding hydrogens is 530 g/mol. The van der Waals surface area contributed by atoms with Gasteiger partial charge in [-0.05, 0) is 52.7 Å². The maximum Gasteiger partial charge on any atom is 0.250 e. The highest BCUT2D eigenvalue weighted by molar-refractivity contribution is 9.10. The van der Waals surface area contributed by atoms with Crippen LogP contribution in [0.25, 0.3) is 17.1 Å². The molecular formula is C25H22BrN5O3S. The average molecular weight is 552 g/mol. The van der Waals surface area contributed by atoms with Crippen molar-refractivity contribution in [3.63, 3.8) is 0 Å². The highest BCUT2D eigenvalue weighted by Gasteiger charge is 2.17. The number of phenolic OH excluding ortho intramolecular Hbond substituents is 1. The minimum absolute atomic E-state index is 0.00220. The normalized spacial score (nSPS) is 11.1. The molecule has 0 saturated heterocycles. The summed E-state index contributed by atoms with van der Waals surface area (Å²) in [4.78, 5) is 12.4. The topological polar surface area (TPSA) is 102 Å². The van der Waals surface area contributed by atoms with E-state index >= 15 is 0 Å². The van der Waals surface area contributed by atoms with Crippen LogP contribution in [0.5, 0.6) is 11.5 Å². The zero-order chi connectivity index (χ0) is 24.8. The van der Waals surface area contributed by atoms with Gasteiger partial charge < -0.3 is 9.84 Å². The first-order chi connectivity index (χ1) is 17.0. The number of amides is 1. The number of hydrogen-bond acceptors (Lipinski definition) is 7. The van der Waals surface area contributed by atoms with Gasteiger partial charge in [0.05, 0.1) is 23.5 Å². The number of methoxy groups -OCH3 is 1. The van der Waals surface area contributed by atoms with Gasteiger partial charge in [0.25, 0.3) is 5.91 Å². The monoisotopic (exact) mass is 551 g/mol. The number of nitrogens with one attached hydrogen (secondary N) is 1. The molecule has 35 heavy (non-hydrogen) atoms. The van der Waals surface area contributed by atoms with Gasteiger partial charge in [0.1, 0.15) is 0 Å². The van der Waals surface area contributed by atoms with Crippen molar-refractivity contribution in [2.45, 2.75) is 12.1 Å². The Morgan fingerprint density at radius 3 is 2.63 bits per heavy atom. The first-order valence-electron chi connectivity index (χ1n) is 10.6. The summed E-state index contributed by atoms with van der Waals surface area (Å²) in [5, 5.41) is 23.2. The van der Waals surface area contributed by atoms with Crippen LogP contribution in [0, 0.1) is 6.92 Å². The second-order valence-corrected chi connectivity index (χ2v) is 9.28. The fourth-order valence-electron chi connectivity index (χ4n) is 3.23. The second kappa shape index (κ2) is 11.2. The molecule has 4 aromatic rings. The van der Waals surface area contributed by atoms with Gasteiger partial charge in [0.15, 0.2) is 22.5 Å². The predicted molar refractivity (Wildman–Crippen MR) is 140 cm³/mol. The van der Waals surface area contributed by atoms with Crippen molar-refractivity contribution in [1.82, 2.24) is 20.2 Å². The molecule has 0 aliphatic rings. The molecule has 1 aromatic heterocycles. The minimum Gasteiger partial charge on any atom is -0.503 e. The van der Waals surface area contributed by atoms with Gasteiger partial charge in [-0.15, -0.1) is 10.2 Å². The van der Waals surface area contributed by atoms with Crippen molar-refractivity contribution in [3.05, 3.63) is 82.3 Å². The first kappa shape index (κ1) is 24.5. The van der Waals surface area contributed by atoms with Gasteiger partial charge in [-0.25, -0.2) is 5.43 Å². The summed E-state index contributed by atoms with van der Waals surface area (Å²) in [6.07, 6.45) is 1.47. The standard InChI is InChI=1S/C25H22BrN5O3S/c1-16-8-10-18(11-9-16)24-29-30-25(31(24)19-6-4-3-5-7-19)35-15-22(32)28-27-14-17-12-20(26)23(33)21(13-17)34-2/h3-14,33H,15H2,1-2H3,(H,28,32)/b27-14-. The Bertz CT molecular complexity index is 1360. The molecule has 0 saturated carbocycles. The SMILES string of the molecule is COc1cc(/C=N\NC(=O)CSc2nnc(-c3ccc(C)cc3)n2-c2ccccc2)cc(Br)c1O. The number of carbonyl (C=O) groups is 1. The van der Waals surface area contributed by atoms with Gasteiger partial charge >= 0.3 is 0 Å². The third-order valence-corrected chi connectivity index (χ3v) is 6.50. The predicted octanol–water partition coefficient (Wildman–Crippen LogP) is 4.96. The number of thioether (sulfide) groups is 1. The number of carbonyl (C=O) groups excluding carboxylic acids is 1. The van der Waals surface area contributed by atoms with Crippen molar-refractivity contribution in [3.8, 4) is 28.6 Å². The van der Waals surface area contributed by atoms with Crippen molar-refractivity contribution >= 4 is 39.8 Å². The minimum atomic E-state index is -0.296. The van der Waals surface area contributed by atoms with Crippen molar-refractivity contribution in [2.75, 3.05) is 12.9 Å².